The third kappa shape index (κ3) is 3.55. The highest BCUT2D eigenvalue weighted by molar-refractivity contribution is 5.94. The molecule has 0 spiro atoms. The molecule has 0 unspecified atom stereocenters. The van der Waals surface area contributed by atoms with Crippen LogP contribution in [0.5, 0.6) is 0 Å². The number of non-ortho nitro benzene ring substituents is 1. The van der Waals surface area contributed by atoms with E-state index >= 15 is 0 Å². The Bertz CT molecular complexity index is 469. The zero-order chi connectivity index (χ0) is 13.7. The van der Waals surface area contributed by atoms with Crippen molar-refractivity contribution in [2.24, 2.45) is 0 Å². The zero-order valence-corrected chi connectivity index (χ0v) is 9.70. The topological polar surface area (TPSA) is 101 Å². The minimum Gasteiger partial charge on any atom is -0.481 e. The van der Waals surface area contributed by atoms with Gasteiger partial charge in [0.25, 0.3) is 5.69 Å². The number of anilines is 1. The van der Waals surface area contributed by atoms with Gasteiger partial charge < -0.3 is 10.0 Å². The molecule has 0 bridgehead atoms. The first-order valence-corrected chi connectivity index (χ1v) is 5.14. The van der Waals surface area contributed by atoms with Crippen molar-refractivity contribution in [1.82, 2.24) is 0 Å². The Morgan fingerprint density at radius 2 is 1.83 bits per heavy atom. The Hall–Kier alpha value is -2.44. The number of aliphatic carboxylic acids is 1. The number of hydrogen-bond acceptors (Lipinski definition) is 4. The van der Waals surface area contributed by atoms with Gasteiger partial charge in [0, 0.05) is 31.3 Å². The van der Waals surface area contributed by atoms with E-state index in [0.717, 1.165) is 0 Å². The highest BCUT2D eigenvalue weighted by atomic mass is 16.6. The smallest absolute Gasteiger partial charge is 0.303 e. The van der Waals surface area contributed by atoms with Crippen LogP contribution in [0.2, 0.25) is 0 Å². The molecule has 1 aromatic rings. The van der Waals surface area contributed by atoms with Gasteiger partial charge in [0.15, 0.2) is 0 Å². The van der Waals surface area contributed by atoms with Gasteiger partial charge in [0.05, 0.1) is 11.3 Å². The Morgan fingerprint density at radius 3 is 2.28 bits per heavy atom. The second kappa shape index (κ2) is 5.76. The molecule has 0 saturated heterocycles. The molecule has 0 atom stereocenters. The minimum absolute atomic E-state index is 0.0647. The van der Waals surface area contributed by atoms with E-state index in [1.165, 1.54) is 36.2 Å². The summed E-state index contributed by atoms with van der Waals surface area (Å²) in [6, 6.07) is 5.46. The van der Waals surface area contributed by atoms with E-state index in [9.17, 15) is 19.7 Å². The number of nitro groups is 1. The fraction of sp³-hybridized carbons (Fsp3) is 0.273. The largest absolute Gasteiger partial charge is 0.481 e. The monoisotopic (exact) mass is 252 g/mol. The summed E-state index contributed by atoms with van der Waals surface area (Å²) in [5, 5.41) is 18.9. The number of nitrogens with zero attached hydrogens (tertiary/aromatic N) is 2. The van der Waals surface area contributed by atoms with Gasteiger partial charge in [0.1, 0.15) is 0 Å². The van der Waals surface area contributed by atoms with Crippen molar-refractivity contribution in [3.05, 3.63) is 34.4 Å². The Balaban J connectivity index is 2.71. The number of rotatable bonds is 5. The minimum atomic E-state index is -1.04. The number of amides is 1. The normalized spacial score (nSPS) is 9.83. The average molecular weight is 252 g/mol. The third-order valence-corrected chi connectivity index (χ3v) is 2.37. The van der Waals surface area contributed by atoms with Crippen molar-refractivity contribution < 1.29 is 19.6 Å². The van der Waals surface area contributed by atoms with Crippen LogP contribution in [0.15, 0.2) is 24.3 Å². The molecule has 0 aliphatic rings. The van der Waals surface area contributed by atoms with E-state index in [0.29, 0.717) is 5.69 Å². The number of carboxylic acid groups (broad SMARTS) is 1. The number of carbonyl (C=O) groups is 2. The quantitative estimate of drug-likeness (QED) is 0.630. The van der Waals surface area contributed by atoms with E-state index in [1.54, 1.807) is 0 Å². The summed E-state index contributed by atoms with van der Waals surface area (Å²) in [7, 11) is 1.49. The summed E-state index contributed by atoms with van der Waals surface area (Å²) in [5.74, 6) is -1.40. The average Bonchev–Trinajstić information content (AvgIpc) is 2.35. The van der Waals surface area contributed by atoms with Crippen LogP contribution in [-0.2, 0) is 9.59 Å². The van der Waals surface area contributed by atoms with Gasteiger partial charge in [-0.15, -0.1) is 0 Å². The third-order valence-electron chi connectivity index (χ3n) is 2.37. The number of carbonyl (C=O) groups excluding carboxylic acids is 1. The maximum atomic E-state index is 11.6. The van der Waals surface area contributed by atoms with E-state index < -0.39 is 10.9 Å². The molecule has 1 amide bonds. The van der Waals surface area contributed by atoms with E-state index in [2.05, 4.69) is 0 Å². The predicted molar refractivity (Wildman–Crippen MR) is 63.4 cm³/mol. The maximum absolute atomic E-state index is 11.6. The van der Waals surface area contributed by atoms with Crippen molar-refractivity contribution in [2.45, 2.75) is 12.8 Å². The van der Waals surface area contributed by atoms with Crippen LogP contribution >= 0.6 is 0 Å². The van der Waals surface area contributed by atoms with Gasteiger partial charge in [-0.2, -0.15) is 0 Å². The fourth-order valence-electron chi connectivity index (χ4n) is 1.32. The maximum Gasteiger partial charge on any atom is 0.303 e. The van der Waals surface area contributed by atoms with Crippen LogP contribution < -0.4 is 4.90 Å². The molecule has 0 aromatic heterocycles. The van der Waals surface area contributed by atoms with E-state index in [-0.39, 0.29) is 24.4 Å². The molecule has 0 fully saturated rings. The molecule has 0 aliphatic carbocycles. The molecule has 7 nitrogen and oxygen atoms in total. The number of nitro benzene ring substituents is 1. The Labute approximate surface area is 103 Å². The Kier molecular flexibility index (Phi) is 4.36. The van der Waals surface area contributed by atoms with Crippen LogP contribution in [0.25, 0.3) is 0 Å². The SMILES string of the molecule is CN(C(=O)CCC(=O)O)c1ccc([N+](=O)[O-])cc1. The van der Waals surface area contributed by atoms with Crippen molar-refractivity contribution in [3.8, 4) is 0 Å². The van der Waals surface area contributed by atoms with Crippen LogP contribution in [0.3, 0.4) is 0 Å². The molecule has 0 radical (unpaired) electrons. The number of carboxylic acids is 1. The summed E-state index contributed by atoms with van der Waals surface area (Å²) in [4.78, 5) is 33.1. The Morgan fingerprint density at radius 1 is 1.28 bits per heavy atom. The van der Waals surface area contributed by atoms with Crippen LogP contribution in [0.4, 0.5) is 11.4 Å². The van der Waals surface area contributed by atoms with Crippen LogP contribution in [0, 0.1) is 10.1 Å². The number of hydrogen-bond donors (Lipinski definition) is 1. The van der Waals surface area contributed by atoms with Gasteiger partial charge in [-0.05, 0) is 12.1 Å². The molecular weight excluding hydrogens is 240 g/mol. The van der Waals surface area contributed by atoms with E-state index in [4.69, 9.17) is 5.11 Å². The standard InChI is InChI=1S/C11H12N2O5/c1-12(10(14)6-7-11(15)16)8-2-4-9(5-3-8)13(17)18/h2-5H,6-7H2,1H3,(H,15,16). The summed E-state index contributed by atoms with van der Waals surface area (Å²) < 4.78 is 0. The first-order chi connectivity index (χ1) is 8.41. The van der Waals surface area contributed by atoms with Crippen LogP contribution in [-0.4, -0.2) is 29.0 Å². The second-order valence-electron chi connectivity index (χ2n) is 3.62. The number of benzene rings is 1. The zero-order valence-electron chi connectivity index (χ0n) is 9.70. The lowest BCUT2D eigenvalue weighted by atomic mass is 10.2. The van der Waals surface area contributed by atoms with Gasteiger partial charge in [-0.1, -0.05) is 0 Å². The van der Waals surface area contributed by atoms with Crippen molar-refractivity contribution in [1.29, 1.82) is 0 Å². The predicted octanol–water partition coefficient (Wildman–Crippen LogP) is 1.42. The molecule has 1 aromatic carbocycles. The fourth-order valence-corrected chi connectivity index (χ4v) is 1.32. The molecule has 0 heterocycles. The lowest BCUT2D eigenvalue weighted by Crippen LogP contribution is -2.26. The molecule has 1 N–H and O–H groups in total. The molecule has 96 valence electrons. The molecule has 1 rings (SSSR count). The molecule has 0 aliphatic heterocycles. The lowest BCUT2D eigenvalue weighted by molar-refractivity contribution is -0.384. The lowest BCUT2D eigenvalue weighted by Gasteiger charge is -2.16. The van der Waals surface area contributed by atoms with Gasteiger partial charge in [-0.3, -0.25) is 19.7 Å². The summed E-state index contributed by atoms with van der Waals surface area (Å²) in [6.07, 6.45) is -0.348. The first kappa shape index (κ1) is 13.6. The van der Waals surface area contributed by atoms with Crippen molar-refractivity contribution in [2.75, 3.05) is 11.9 Å². The molecule has 18 heavy (non-hydrogen) atoms. The highest BCUT2D eigenvalue weighted by Gasteiger charge is 2.13. The highest BCUT2D eigenvalue weighted by Crippen LogP contribution is 2.19. The second-order valence-corrected chi connectivity index (χ2v) is 3.62. The molecular formula is C11H12N2O5. The molecule has 0 saturated carbocycles. The van der Waals surface area contributed by atoms with Gasteiger partial charge in [-0.25, -0.2) is 0 Å². The summed E-state index contributed by atoms with van der Waals surface area (Å²) in [5.41, 5.74) is 0.418. The van der Waals surface area contributed by atoms with Crippen molar-refractivity contribution in [3.63, 3.8) is 0 Å². The first-order valence-electron chi connectivity index (χ1n) is 5.14. The van der Waals surface area contributed by atoms with Crippen LogP contribution in [0.1, 0.15) is 12.8 Å². The summed E-state index contributed by atoms with van der Waals surface area (Å²) in [6.45, 7) is 0. The van der Waals surface area contributed by atoms with Gasteiger partial charge >= 0.3 is 5.97 Å². The molecule has 7 heteroatoms. The van der Waals surface area contributed by atoms with Gasteiger partial charge in [0.2, 0.25) is 5.91 Å². The van der Waals surface area contributed by atoms with E-state index in [1.807, 2.05) is 0 Å². The van der Waals surface area contributed by atoms with Crippen molar-refractivity contribution >= 4 is 23.3 Å². The summed E-state index contributed by atoms with van der Waals surface area (Å²) >= 11 is 0.